The molecule has 12 nitrogen and oxygen atoms in total. The fourth-order valence-corrected chi connectivity index (χ4v) is 9.29. The second-order valence-electron chi connectivity index (χ2n) is 14.4. The predicted octanol–water partition coefficient (Wildman–Crippen LogP) is 2.03. The standard InChI is InChI=1S/C37H49N5O7S.ClH/c1-49-35(48)31-25-14-24-17-36(39,19-25)21-37(31,18-24)32(45)29(16-22-6-4-3-5-7-22)41-30(44)20-40-34(47)28(12-13-50-2)42-33(46)27(38)15-23-8-10-26(43)11-9-23;/h3-11,24-25,27-29,31,43H,12-21,38-39H2,1-2H3,(H,40,47)(H,41,44)(H,42,46);1H/t24?,25?,27-,28+,29-,31?,36?,37?;/m0./s1. The number of thioether (sulfide) groups is 1. The Kier molecular flexibility index (Phi) is 13.6. The minimum absolute atomic E-state index is 0. The molecule has 0 spiro atoms. The highest BCUT2D eigenvalue weighted by Gasteiger charge is 2.67. The number of esters is 1. The highest BCUT2D eigenvalue weighted by atomic mass is 35.5. The molecule has 8 atom stereocenters. The Hall–Kier alpha value is -3.65. The number of nitrogens with one attached hydrogen (secondary N) is 3. The first kappa shape index (κ1) is 40.1. The molecule has 0 saturated heterocycles. The zero-order chi connectivity index (χ0) is 36.1. The highest BCUT2D eigenvalue weighted by molar-refractivity contribution is 7.98. The lowest BCUT2D eigenvalue weighted by Gasteiger charge is -2.63. The largest absolute Gasteiger partial charge is 0.508 e. The van der Waals surface area contributed by atoms with E-state index in [1.165, 1.54) is 31.0 Å². The lowest BCUT2D eigenvalue weighted by molar-refractivity contribution is -0.183. The number of carbonyl (C=O) groups excluding carboxylic acids is 5. The number of phenolic OH excluding ortho intramolecular Hbond substituents is 1. The minimum atomic E-state index is -1.06. The average molecular weight is 744 g/mol. The van der Waals surface area contributed by atoms with Crippen molar-refractivity contribution in [1.82, 2.24) is 16.0 Å². The maximum absolute atomic E-state index is 14.8. The van der Waals surface area contributed by atoms with E-state index in [4.69, 9.17) is 16.2 Å². The molecule has 0 aromatic heterocycles. The average Bonchev–Trinajstić information content (AvgIpc) is 3.08. The van der Waals surface area contributed by atoms with Gasteiger partial charge in [0.15, 0.2) is 5.78 Å². The van der Waals surface area contributed by atoms with Crippen molar-refractivity contribution in [1.29, 1.82) is 0 Å². The van der Waals surface area contributed by atoms with Crippen molar-refractivity contribution in [3.05, 3.63) is 65.7 Å². The van der Waals surface area contributed by atoms with Gasteiger partial charge in [0, 0.05) is 11.0 Å². The lowest BCUT2D eigenvalue weighted by Crippen LogP contribution is -2.69. The summed E-state index contributed by atoms with van der Waals surface area (Å²) in [7, 11) is 1.34. The number of amides is 3. The maximum Gasteiger partial charge on any atom is 0.309 e. The number of ketones is 1. The highest BCUT2D eigenvalue weighted by Crippen LogP contribution is 2.64. The van der Waals surface area contributed by atoms with Crippen LogP contribution in [0.4, 0.5) is 0 Å². The zero-order valence-corrected chi connectivity index (χ0v) is 30.7. The summed E-state index contributed by atoms with van der Waals surface area (Å²) >= 11 is 1.51. The van der Waals surface area contributed by atoms with Crippen LogP contribution in [0.5, 0.6) is 5.75 Å². The van der Waals surface area contributed by atoms with E-state index in [1.807, 2.05) is 36.6 Å². The number of Topliss-reactive ketones (excluding diaryl/α,β-unsaturated/α-hetero) is 1. The summed E-state index contributed by atoms with van der Waals surface area (Å²) in [5.74, 6) is -2.11. The molecule has 5 unspecified atom stereocenters. The number of phenols is 1. The number of hydrogen-bond donors (Lipinski definition) is 6. The van der Waals surface area contributed by atoms with Gasteiger partial charge in [0.25, 0.3) is 0 Å². The molecule has 3 amide bonds. The van der Waals surface area contributed by atoms with Gasteiger partial charge in [0.2, 0.25) is 17.7 Å². The summed E-state index contributed by atoms with van der Waals surface area (Å²) in [6.45, 7) is -0.428. The summed E-state index contributed by atoms with van der Waals surface area (Å²) in [4.78, 5) is 67.8. The quantitative estimate of drug-likeness (QED) is 0.138. The molecular formula is C37H50ClN5O7S. The molecule has 2 aromatic carbocycles. The van der Waals surface area contributed by atoms with E-state index >= 15 is 0 Å². The first-order chi connectivity index (χ1) is 23.9. The second-order valence-corrected chi connectivity index (χ2v) is 15.4. The Labute approximate surface area is 309 Å². The molecule has 4 aliphatic carbocycles. The first-order valence-corrected chi connectivity index (χ1v) is 18.6. The van der Waals surface area contributed by atoms with E-state index in [2.05, 4.69) is 16.0 Å². The molecule has 8 N–H and O–H groups in total. The van der Waals surface area contributed by atoms with Gasteiger partial charge in [-0.3, -0.25) is 24.0 Å². The second kappa shape index (κ2) is 17.2. The Balaban J connectivity index is 0.00000583. The minimum Gasteiger partial charge on any atom is -0.508 e. The number of benzene rings is 2. The topological polar surface area (TPSA) is 203 Å². The van der Waals surface area contributed by atoms with Gasteiger partial charge in [-0.1, -0.05) is 42.5 Å². The van der Waals surface area contributed by atoms with Crippen LogP contribution in [0, 0.1) is 23.2 Å². The number of methoxy groups -OCH3 is 1. The third-order valence-electron chi connectivity index (χ3n) is 10.7. The molecule has 278 valence electrons. The Morgan fingerprint density at radius 3 is 2.27 bits per heavy atom. The van der Waals surface area contributed by atoms with Crippen LogP contribution in [0.15, 0.2) is 54.6 Å². The van der Waals surface area contributed by atoms with Crippen molar-refractivity contribution in [2.45, 2.75) is 75.0 Å². The molecule has 14 heteroatoms. The van der Waals surface area contributed by atoms with Crippen LogP contribution in [0.1, 0.15) is 49.7 Å². The third-order valence-corrected chi connectivity index (χ3v) is 11.3. The molecular weight excluding hydrogens is 694 g/mol. The summed E-state index contributed by atoms with van der Waals surface area (Å²) in [5, 5.41) is 17.8. The summed E-state index contributed by atoms with van der Waals surface area (Å²) in [5.41, 5.74) is 13.0. The van der Waals surface area contributed by atoms with Gasteiger partial charge in [0.1, 0.15) is 11.8 Å². The van der Waals surface area contributed by atoms with Crippen LogP contribution >= 0.6 is 24.2 Å². The van der Waals surface area contributed by atoms with Crippen LogP contribution < -0.4 is 27.4 Å². The van der Waals surface area contributed by atoms with Crippen LogP contribution in [0.2, 0.25) is 0 Å². The van der Waals surface area contributed by atoms with Gasteiger partial charge in [-0.25, -0.2) is 0 Å². The molecule has 4 aliphatic rings. The third kappa shape index (κ3) is 9.43. The van der Waals surface area contributed by atoms with Crippen molar-refractivity contribution >= 4 is 53.6 Å². The van der Waals surface area contributed by atoms with Crippen molar-refractivity contribution < 1.29 is 33.8 Å². The van der Waals surface area contributed by atoms with E-state index in [0.29, 0.717) is 31.4 Å². The summed E-state index contributed by atoms with van der Waals surface area (Å²) in [6.07, 6.45) is 5.76. The maximum atomic E-state index is 14.8. The Morgan fingerprint density at radius 1 is 0.941 bits per heavy atom. The van der Waals surface area contributed by atoms with E-state index in [9.17, 15) is 29.1 Å². The first-order valence-electron chi connectivity index (χ1n) is 17.2. The zero-order valence-electron chi connectivity index (χ0n) is 29.1. The Bertz CT molecular complexity index is 1570. The number of carbonyl (C=O) groups is 5. The number of rotatable bonds is 16. The normalized spacial score (nSPS) is 26.2. The van der Waals surface area contributed by atoms with Crippen molar-refractivity contribution in [3.8, 4) is 5.75 Å². The SMILES string of the molecule is COC(=O)C1C2CC3CC(N)(C2)CC1(C(=O)[C@H](Cc1ccccc1)NC(=O)CNC(=O)[C@@H](CCSC)NC(=O)[C@@H](N)Cc1ccc(O)cc1)C3.Cl. The van der Waals surface area contributed by atoms with E-state index in [1.54, 1.807) is 12.1 Å². The number of halogens is 1. The molecule has 4 bridgehead atoms. The predicted molar refractivity (Wildman–Crippen MR) is 197 cm³/mol. The van der Waals surface area contributed by atoms with E-state index < -0.39 is 65.2 Å². The monoisotopic (exact) mass is 743 g/mol. The van der Waals surface area contributed by atoms with Crippen LogP contribution in [-0.4, -0.2) is 83.9 Å². The van der Waals surface area contributed by atoms with Gasteiger partial charge < -0.3 is 37.3 Å². The van der Waals surface area contributed by atoms with Crippen molar-refractivity contribution in [2.24, 2.45) is 34.6 Å². The molecule has 51 heavy (non-hydrogen) atoms. The van der Waals surface area contributed by atoms with E-state index in [0.717, 1.165) is 24.0 Å². The van der Waals surface area contributed by atoms with Gasteiger partial charge in [-0.15, -0.1) is 12.4 Å². The van der Waals surface area contributed by atoms with E-state index in [-0.39, 0.29) is 48.6 Å². The number of nitrogens with two attached hydrogens (primary N) is 2. The molecule has 2 aromatic rings. The van der Waals surface area contributed by atoms with Crippen molar-refractivity contribution in [3.63, 3.8) is 0 Å². The van der Waals surface area contributed by atoms with Crippen LogP contribution in [0.25, 0.3) is 0 Å². The van der Waals surface area contributed by atoms with Gasteiger partial charge >= 0.3 is 5.97 Å². The molecule has 4 fully saturated rings. The number of hydrogen-bond acceptors (Lipinski definition) is 10. The number of ether oxygens (including phenoxy) is 1. The molecule has 0 aliphatic heterocycles. The molecule has 0 radical (unpaired) electrons. The fourth-order valence-electron chi connectivity index (χ4n) is 8.82. The van der Waals surface area contributed by atoms with Crippen molar-refractivity contribution in [2.75, 3.05) is 25.7 Å². The molecule has 0 heterocycles. The summed E-state index contributed by atoms with van der Waals surface area (Å²) in [6, 6.07) is 12.8. The van der Waals surface area contributed by atoms with Crippen LogP contribution in [0.3, 0.4) is 0 Å². The van der Waals surface area contributed by atoms with Gasteiger partial charge in [-0.2, -0.15) is 11.8 Å². The lowest BCUT2D eigenvalue weighted by atomic mass is 9.41. The molecule has 6 rings (SSSR count). The smallest absolute Gasteiger partial charge is 0.309 e. The van der Waals surface area contributed by atoms with Gasteiger partial charge in [0.05, 0.1) is 31.7 Å². The van der Waals surface area contributed by atoms with Gasteiger partial charge in [-0.05, 0) is 98.5 Å². The van der Waals surface area contributed by atoms with Crippen LogP contribution in [-0.2, 0) is 41.6 Å². The molecule has 4 saturated carbocycles. The summed E-state index contributed by atoms with van der Waals surface area (Å²) < 4.78 is 5.24. The number of aromatic hydroxyl groups is 1. The fraction of sp³-hybridized carbons (Fsp3) is 0.541. The Morgan fingerprint density at radius 2 is 1.63 bits per heavy atom.